The minimum Gasteiger partial charge on any atom is -0.507 e. The molecule has 4 rings (SSSR count). The smallest absolute Gasteiger partial charge is 0.165 e. The molecule has 27 heavy (non-hydrogen) atoms. The largest absolute Gasteiger partial charge is 0.507 e. The lowest BCUT2D eigenvalue weighted by molar-refractivity contribution is 0.477. The van der Waals surface area contributed by atoms with Crippen molar-refractivity contribution in [3.63, 3.8) is 0 Å². The Morgan fingerprint density at radius 3 is 2.78 bits per heavy atom. The molecular formula is C22H24FN3O. The number of hydrogen-bond donors (Lipinski definition) is 1. The molecule has 1 fully saturated rings. The van der Waals surface area contributed by atoms with Crippen molar-refractivity contribution in [3.05, 3.63) is 48.3 Å². The van der Waals surface area contributed by atoms with Crippen molar-refractivity contribution in [3.8, 4) is 17.1 Å². The monoisotopic (exact) mass is 365 g/mol. The van der Waals surface area contributed by atoms with E-state index < -0.39 is 0 Å². The molecule has 2 heterocycles. The number of hydrogen-bond acceptors (Lipinski definition) is 4. The average molecular weight is 365 g/mol. The van der Waals surface area contributed by atoms with E-state index in [0.717, 1.165) is 37.0 Å². The number of phenols is 1. The Hall–Kier alpha value is -2.69. The first-order valence-corrected chi connectivity index (χ1v) is 9.55. The van der Waals surface area contributed by atoms with Gasteiger partial charge in [-0.15, -0.1) is 0 Å². The number of rotatable bonds is 4. The minimum atomic E-state index is -0.290. The third-order valence-electron chi connectivity index (χ3n) is 5.18. The molecule has 2 aromatic carbocycles. The number of fused-ring (bicyclic) bond motifs is 1. The predicted octanol–water partition coefficient (Wildman–Crippen LogP) is 5.16. The van der Waals surface area contributed by atoms with Crippen molar-refractivity contribution in [1.82, 2.24) is 9.97 Å². The van der Waals surface area contributed by atoms with E-state index in [1.165, 1.54) is 12.1 Å². The number of anilines is 1. The molecule has 0 radical (unpaired) electrons. The molecule has 3 aromatic rings. The Morgan fingerprint density at radius 1 is 1.19 bits per heavy atom. The molecule has 1 unspecified atom stereocenters. The van der Waals surface area contributed by atoms with E-state index in [1.807, 2.05) is 6.07 Å². The summed E-state index contributed by atoms with van der Waals surface area (Å²) in [6, 6.07) is 12.1. The molecule has 0 aliphatic carbocycles. The molecule has 1 aliphatic rings. The molecule has 5 heteroatoms. The quantitative estimate of drug-likeness (QED) is 0.694. The normalized spacial score (nSPS) is 17.2. The van der Waals surface area contributed by atoms with Crippen LogP contribution in [0.2, 0.25) is 0 Å². The number of nitrogens with zero attached hydrogens (tertiary/aromatic N) is 3. The Bertz CT molecular complexity index is 973. The summed E-state index contributed by atoms with van der Waals surface area (Å²) in [5.74, 6) is 1.67. The summed E-state index contributed by atoms with van der Waals surface area (Å²) < 4.78 is 14.0. The van der Waals surface area contributed by atoms with Crippen LogP contribution in [0.4, 0.5) is 10.2 Å². The third kappa shape index (κ3) is 3.46. The van der Waals surface area contributed by atoms with Crippen LogP contribution in [0, 0.1) is 11.7 Å². The average Bonchev–Trinajstić information content (AvgIpc) is 3.08. The van der Waals surface area contributed by atoms with Crippen LogP contribution in [0.5, 0.6) is 5.75 Å². The Labute approximate surface area is 158 Å². The van der Waals surface area contributed by atoms with Gasteiger partial charge in [0.2, 0.25) is 0 Å². The van der Waals surface area contributed by atoms with Gasteiger partial charge in [0.15, 0.2) is 5.82 Å². The summed E-state index contributed by atoms with van der Waals surface area (Å²) in [5.41, 5.74) is 1.28. The molecule has 140 valence electrons. The highest BCUT2D eigenvalue weighted by Gasteiger charge is 2.28. The summed E-state index contributed by atoms with van der Waals surface area (Å²) in [5, 5.41) is 11.0. The summed E-state index contributed by atoms with van der Waals surface area (Å²) in [6.07, 6.45) is 3.29. The van der Waals surface area contributed by atoms with Crippen LogP contribution in [-0.4, -0.2) is 27.7 Å². The van der Waals surface area contributed by atoms with Gasteiger partial charge in [0.25, 0.3) is 0 Å². The first-order valence-electron chi connectivity index (χ1n) is 9.55. The lowest BCUT2D eigenvalue weighted by atomic mass is 10.0. The second-order valence-electron chi connectivity index (χ2n) is 7.67. The topological polar surface area (TPSA) is 49.2 Å². The van der Waals surface area contributed by atoms with Gasteiger partial charge in [-0.3, -0.25) is 0 Å². The highest BCUT2D eigenvalue weighted by Crippen LogP contribution is 2.36. The van der Waals surface area contributed by atoms with Gasteiger partial charge in [-0.1, -0.05) is 26.0 Å². The maximum absolute atomic E-state index is 14.0. The van der Waals surface area contributed by atoms with Gasteiger partial charge in [0.05, 0.1) is 11.1 Å². The Balaban J connectivity index is 1.89. The zero-order chi connectivity index (χ0) is 19.0. The van der Waals surface area contributed by atoms with Gasteiger partial charge in [-0.25, -0.2) is 14.4 Å². The van der Waals surface area contributed by atoms with Crippen molar-refractivity contribution < 1.29 is 9.50 Å². The van der Waals surface area contributed by atoms with Crippen molar-refractivity contribution in [2.75, 3.05) is 11.4 Å². The molecule has 1 aliphatic heterocycles. The van der Waals surface area contributed by atoms with Crippen LogP contribution in [-0.2, 0) is 0 Å². The van der Waals surface area contributed by atoms with Gasteiger partial charge < -0.3 is 10.0 Å². The van der Waals surface area contributed by atoms with E-state index in [9.17, 15) is 9.50 Å². The van der Waals surface area contributed by atoms with Crippen LogP contribution < -0.4 is 4.90 Å². The Morgan fingerprint density at radius 2 is 2.00 bits per heavy atom. The summed E-state index contributed by atoms with van der Waals surface area (Å²) in [7, 11) is 0. The molecule has 4 nitrogen and oxygen atoms in total. The number of halogens is 1. The molecule has 0 spiro atoms. The first-order chi connectivity index (χ1) is 13.0. The molecule has 0 amide bonds. The summed E-state index contributed by atoms with van der Waals surface area (Å²) in [4.78, 5) is 11.7. The van der Waals surface area contributed by atoms with Crippen molar-refractivity contribution in [2.45, 2.75) is 39.2 Å². The van der Waals surface area contributed by atoms with Crippen LogP contribution in [0.25, 0.3) is 22.3 Å². The van der Waals surface area contributed by atoms with Gasteiger partial charge in [0.1, 0.15) is 17.4 Å². The predicted molar refractivity (Wildman–Crippen MR) is 106 cm³/mol. The Kier molecular flexibility index (Phi) is 4.68. The maximum Gasteiger partial charge on any atom is 0.165 e. The highest BCUT2D eigenvalue weighted by molar-refractivity contribution is 5.91. The van der Waals surface area contributed by atoms with E-state index in [0.29, 0.717) is 28.9 Å². The molecule has 1 N–H and O–H groups in total. The van der Waals surface area contributed by atoms with E-state index >= 15 is 0 Å². The molecule has 1 atom stereocenters. The number of para-hydroxylation sites is 1. The summed E-state index contributed by atoms with van der Waals surface area (Å²) >= 11 is 0. The van der Waals surface area contributed by atoms with Crippen LogP contribution in [0.1, 0.15) is 33.1 Å². The second kappa shape index (κ2) is 7.14. The number of aromatic hydroxyl groups is 1. The van der Waals surface area contributed by atoms with Gasteiger partial charge in [0, 0.05) is 18.0 Å². The van der Waals surface area contributed by atoms with Crippen LogP contribution in [0.15, 0.2) is 42.5 Å². The van der Waals surface area contributed by atoms with E-state index in [-0.39, 0.29) is 11.6 Å². The van der Waals surface area contributed by atoms with E-state index in [1.54, 1.807) is 24.3 Å². The SMILES string of the molecule is CC(C)CC1CCCN1c1nc(-c2ccccc2O)nc2ccc(F)cc12. The molecular weight excluding hydrogens is 341 g/mol. The standard InChI is InChI=1S/C22H24FN3O/c1-14(2)12-16-6-5-11-26(16)22-18-13-15(23)9-10-19(18)24-21(25-22)17-7-3-4-8-20(17)27/h3-4,7-10,13-14,16,27H,5-6,11-12H2,1-2H3. The minimum absolute atomic E-state index is 0.144. The fourth-order valence-electron chi connectivity index (χ4n) is 3.99. The lowest BCUT2D eigenvalue weighted by Gasteiger charge is -2.28. The van der Waals surface area contributed by atoms with E-state index in [4.69, 9.17) is 4.98 Å². The zero-order valence-corrected chi connectivity index (χ0v) is 15.7. The first kappa shape index (κ1) is 17.7. The van der Waals surface area contributed by atoms with Crippen LogP contribution >= 0.6 is 0 Å². The molecule has 0 saturated carbocycles. The van der Waals surface area contributed by atoms with Crippen LogP contribution in [0.3, 0.4) is 0 Å². The van der Waals surface area contributed by atoms with Crippen molar-refractivity contribution in [1.29, 1.82) is 0 Å². The van der Waals surface area contributed by atoms with Gasteiger partial charge >= 0.3 is 0 Å². The fourth-order valence-corrected chi connectivity index (χ4v) is 3.99. The number of aromatic nitrogens is 2. The number of benzene rings is 2. The zero-order valence-electron chi connectivity index (χ0n) is 15.7. The fraction of sp³-hybridized carbons (Fsp3) is 0.364. The lowest BCUT2D eigenvalue weighted by Crippen LogP contribution is -2.31. The van der Waals surface area contributed by atoms with Crippen molar-refractivity contribution >= 4 is 16.7 Å². The molecule has 1 aromatic heterocycles. The highest BCUT2D eigenvalue weighted by atomic mass is 19.1. The second-order valence-corrected chi connectivity index (χ2v) is 7.67. The molecule has 1 saturated heterocycles. The van der Waals surface area contributed by atoms with E-state index in [2.05, 4.69) is 23.7 Å². The van der Waals surface area contributed by atoms with Gasteiger partial charge in [-0.2, -0.15) is 0 Å². The third-order valence-corrected chi connectivity index (χ3v) is 5.18. The van der Waals surface area contributed by atoms with Gasteiger partial charge in [-0.05, 0) is 55.5 Å². The molecule has 0 bridgehead atoms. The number of phenolic OH excluding ortho intramolecular Hbond substituents is 1. The maximum atomic E-state index is 14.0. The summed E-state index contributed by atoms with van der Waals surface area (Å²) in [6.45, 7) is 5.35. The van der Waals surface area contributed by atoms with Crippen molar-refractivity contribution in [2.24, 2.45) is 5.92 Å².